The van der Waals surface area contributed by atoms with Gasteiger partial charge in [0.2, 0.25) is 0 Å². The van der Waals surface area contributed by atoms with Crippen LogP contribution in [0, 0.1) is 0 Å². The number of hydrogen-bond donors (Lipinski definition) is 0. The topological polar surface area (TPSA) is 0 Å². The van der Waals surface area contributed by atoms with E-state index in [1.807, 2.05) is 0 Å². The van der Waals surface area contributed by atoms with E-state index >= 15 is 0 Å². The molecule has 0 amide bonds. The zero-order valence-corrected chi connectivity index (χ0v) is 33.5. The summed E-state index contributed by atoms with van der Waals surface area (Å²) in [6.07, 6.45) is 42.3. The number of rotatable bonds is 8. The molecule has 0 spiro atoms. The van der Waals surface area contributed by atoms with E-state index in [4.69, 9.17) is 11.2 Å². The maximum Gasteiger partial charge on any atom is 0.0535 e. The second-order valence-electron chi connectivity index (χ2n) is 18.4. The second kappa shape index (κ2) is 17.5. The third kappa shape index (κ3) is 8.13. The van der Waals surface area contributed by atoms with E-state index in [1.54, 1.807) is 44.0 Å². The van der Waals surface area contributed by atoms with Gasteiger partial charge in [0.25, 0.3) is 0 Å². The van der Waals surface area contributed by atoms with Gasteiger partial charge in [-0.2, -0.15) is 0 Å². The molecule has 0 atom stereocenters. The highest BCUT2D eigenvalue weighted by Gasteiger charge is 2.36. The minimum Gasteiger partial charge on any atom is -0.0858 e. The van der Waals surface area contributed by atoms with Crippen LogP contribution in [0.1, 0.15) is 262 Å². The van der Waals surface area contributed by atoms with Crippen LogP contribution < -0.4 is 10.6 Å². The molecule has 2 aromatic carbocycles. The molecule has 0 radical (unpaired) electrons. The largest absolute Gasteiger partial charge is 0.0858 e. The molecule has 0 saturated heterocycles. The van der Waals surface area contributed by atoms with Crippen molar-refractivity contribution in [2.24, 2.45) is 0 Å². The van der Waals surface area contributed by atoms with Gasteiger partial charge in [-0.15, -0.1) is 0 Å². The Bertz CT molecular complexity index is 1190. The smallest absolute Gasteiger partial charge is 0.0535 e. The first-order valence-electron chi connectivity index (χ1n) is 22.6. The maximum atomic E-state index is 8.57. The van der Waals surface area contributed by atoms with Gasteiger partial charge >= 0.3 is 0 Å². The van der Waals surface area contributed by atoms with Crippen molar-refractivity contribution in [1.82, 2.24) is 0 Å². The van der Waals surface area contributed by atoms with Crippen molar-refractivity contribution in [1.29, 1.82) is 0 Å². The van der Waals surface area contributed by atoms with Crippen molar-refractivity contribution in [2.45, 2.75) is 228 Å². The van der Waals surface area contributed by atoms with Gasteiger partial charge in [-0.05, 0) is 146 Å². The summed E-state index contributed by atoms with van der Waals surface area (Å²) in [4.78, 5) is 0. The number of hydrogen-bond acceptors (Lipinski definition) is 0. The summed E-state index contributed by atoms with van der Waals surface area (Å²) in [5.74, 6) is 4.40. The fraction of sp³-hybridized carbons (Fsp3) is 0.750. The molecule has 2 aromatic rings. The van der Waals surface area contributed by atoms with Gasteiger partial charge in [0.15, 0.2) is 0 Å². The molecule has 0 bridgehead atoms. The van der Waals surface area contributed by atoms with Crippen LogP contribution in [0.15, 0.2) is 24.3 Å². The minimum atomic E-state index is -0.941. The van der Waals surface area contributed by atoms with E-state index in [-0.39, 0.29) is 0 Å². The molecule has 274 valence electrons. The maximum absolute atomic E-state index is 8.57. The molecule has 6 fully saturated rings. The van der Waals surface area contributed by atoms with Crippen LogP contribution in [0.4, 0.5) is 0 Å². The van der Waals surface area contributed by atoms with E-state index in [2.05, 4.69) is 24.3 Å². The van der Waals surface area contributed by atoms with E-state index < -0.39 is 7.27 Å². The van der Waals surface area contributed by atoms with E-state index in [1.165, 1.54) is 193 Å². The molecular formula is C48H70ClP. The summed E-state index contributed by atoms with van der Waals surface area (Å²) < 4.78 is 0. The molecule has 6 aliphatic rings. The SMILES string of the molecule is ClP(c1c(C2CCCCC2)cc(C2CCCCC2)cc1C1CCCCC1)c1c(C2CCCCC2)cc(C2CCCCC2)cc1C1CCCCC1. The fourth-order valence-electron chi connectivity index (χ4n) is 12.2. The summed E-state index contributed by atoms with van der Waals surface area (Å²) in [7, 11) is -0.941. The first-order valence-corrected chi connectivity index (χ1v) is 24.8. The zero-order chi connectivity index (χ0) is 33.7. The molecule has 2 heteroatoms. The Morgan fingerprint density at radius 2 is 0.500 bits per heavy atom. The van der Waals surface area contributed by atoms with Gasteiger partial charge in [0, 0.05) is 10.6 Å². The summed E-state index contributed by atoms with van der Waals surface area (Å²) in [6.45, 7) is 0. The average Bonchev–Trinajstić information content (AvgIpc) is 3.21. The monoisotopic (exact) mass is 712 g/mol. The predicted molar refractivity (Wildman–Crippen MR) is 220 cm³/mol. The highest BCUT2D eigenvalue weighted by Crippen LogP contribution is 2.54. The molecule has 0 heterocycles. The quantitative estimate of drug-likeness (QED) is 0.239. The molecule has 6 aliphatic carbocycles. The highest BCUT2D eigenvalue weighted by molar-refractivity contribution is 7.96. The lowest BCUT2D eigenvalue weighted by molar-refractivity contribution is 0.429. The molecular weight excluding hydrogens is 643 g/mol. The Kier molecular flexibility index (Phi) is 12.7. The Morgan fingerprint density at radius 3 is 0.720 bits per heavy atom. The Balaban J connectivity index is 1.33. The summed E-state index contributed by atoms with van der Waals surface area (Å²) >= 11 is 8.57. The fourth-order valence-corrected chi connectivity index (χ4v) is 15.5. The van der Waals surface area contributed by atoms with E-state index in [0.717, 1.165) is 11.8 Å². The summed E-state index contributed by atoms with van der Waals surface area (Å²) in [5, 5.41) is 3.42. The van der Waals surface area contributed by atoms with Gasteiger partial charge in [-0.25, -0.2) is 0 Å². The van der Waals surface area contributed by atoms with Gasteiger partial charge in [0.05, 0.1) is 7.27 Å². The van der Waals surface area contributed by atoms with E-state index in [0.29, 0.717) is 23.7 Å². The second-order valence-corrected chi connectivity index (χ2v) is 20.9. The number of benzene rings is 2. The molecule has 0 unspecified atom stereocenters. The van der Waals surface area contributed by atoms with Crippen LogP contribution in [0.5, 0.6) is 0 Å². The molecule has 0 nitrogen and oxygen atoms in total. The lowest BCUT2D eigenvalue weighted by atomic mass is 9.76. The first-order chi connectivity index (χ1) is 24.7. The van der Waals surface area contributed by atoms with E-state index in [9.17, 15) is 0 Å². The lowest BCUT2D eigenvalue weighted by Crippen LogP contribution is -2.30. The molecule has 0 aliphatic heterocycles. The van der Waals surface area contributed by atoms with Crippen LogP contribution >= 0.6 is 18.5 Å². The third-order valence-electron chi connectivity index (χ3n) is 15.1. The van der Waals surface area contributed by atoms with Crippen molar-refractivity contribution < 1.29 is 0 Å². The van der Waals surface area contributed by atoms with Crippen LogP contribution in [-0.2, 0) is 0 Å². The number of halogens is 1. The van der Waals surface area contributed by atoms with Crippen molar-refractivity contribution in [2.75, 3.05) is 0 Å². The molecule has 0 aromatic heterocycles. The lowest BCUT2D eigenvalue weighted by Gasteiger charge is -2.37. The van der Waals surface area contributed by atoms with Crippen LogP contribution in [0.2, 0.25) is 0 Å². The third-order valence-corrected chi connectivity index (χ3v) is 17.9. The Labute approximate surface area is 313 Å². The molecule has 8 rings (SSSR count). The highest BCUT2D eigenvalue weighted by atomic mass is 35.7. The minimum absolute atomic E-state index is 0.714. The zero-order valence-electron chi connectivity index (χ0n) is 31.8. The van der Waals surface area contributed by atoms with Crippen molar-refractivity contribution in [3.05, 3.63) is 57.6 Å². The van der Waals surface area contributed by atoms with Crippen LogP contribution in [0.25, 0.3) is 0 Å². The van der Waals surface area contributed by atoms with Gasteiger partial charge in [-0.1, -0.05) is 151 Å². The standard InChI is InChI=1S/C48H70ClP/c49-50(47-43(37-23-11-3-12-24-37)31-41(35-19-7-1-8-20-35)32-44(47)38-25-13-4-14-26-38)48-45(39-27-15-5-16-28-39)33-42(36-21-9-2-10-22-36)34-46(48)40-29-17-6-18-30-40/h31-40H,1-30H2. The summed E-state index contributed by atoms with van der Waals surface area (Å²) in [5.41, 5.74) is 10.5. The van der Waals surface area contributed by atoms with Crippen molar-refractivity contribution in [3.8, 4) is 0 Å². The van der Waals surface area contributed by atoms with Crippen molar-refractivity contribution >= 4 is 29.1 Å². The summed E-state index contributed by atoms with van der Waals surface area (Å²) in [6, 6.07) is 11.3. The van der Waals surface area contributed by atoms with Gasteiger partial charge < -0.3 is 0 Å². The average molecular weight is 714 g/mol. The first kappa shape index (κ1) is 36.2. The van der Waals surface area contributed by atoms with Gasteiger partial charge in [0.1, 0.15) is 0 Å². The van der Waals surface area contributed by atoms with Gasteiger partial charge in [-0.3, -0.25) is 0 Å². The van der Waals surface area contributed by atoms with Crippen molar-refractivity contribution in [3.63, 3.8) is 0 Å². The normalized spacial score (nSPS) is 25.0. The molecule has 6 saturated carbocycles. The Morgan fingerprint density at radius 1 is 0.300 bits per heavy atom. The van der Waals surface area contributed by atoms with Crippen LogP contribution in [-0.4, -0.2) is 0 Å². The predicted octanol–water partition coefficient (Wildman–Crippen LogP) is 15.6. The van der Waals surface area contributed by atoms with Crippen LogP contribution in [0.3, 0.4) is 0 Å². The molecule has 0 N–H and O–H groups in total. The molecule has 50 heavy (non-hydrogen) atoms. The Hall–Kier alpha value is -0.840.